The third-order valence-corrected chi connectivity index (χ3v) is 7.55. The van der Waals surface area contributed by atoms with E-state index in [2.05, 4.69) is 6.92 Å². The Morgan fingerprint density at radius 2 is 1.25 bits per heavy atom. The molecule has 1 aromatic carbocycles. The van der Waals surface area contributed by atoms with Crippen molar-refractivity contribution in [3.05, 3.63) is 34.6 Å². The van der Waals surface area contributed by atoms with Gasteiger partial charge >= 0.3 is 0 Å². The van der Waals surface area contributed by atoms with Gasteiger partial charge < -0.3 is 0 Å². The standard InChI is InChI=1S/C25H37F3/c1-3-4-5-18-6-8-19(9-7-18)10-11-20-12-14-21(15-13-20)23-22(26)16-17(2)24(27)25(23)28/h16,18-21H,3-15H2,1-2H3. The summed E-state index contributed by atoms with van der Waals surface area (Å²) in [5.74, 6) is -0.0487. The molecular formula is C25H37F3. The van der Waals surface area contributed by atoms with Crippen molar-refractivity contribution in [2.24, 2.45) is 17.8 Å². The number of hydrogen-bond donors (Lipinski definition) is 0. The van der Waals surface area contributed by atoms with Crippen molar-refractivity contribution in [3.8, 4) is 0 Å². The smallest absolute Gasteiger partial charge is 0.165 e. The number of aryl methyl sites for hydroxylation is 1. The monoisotopic (exact) mass is 394 g/mol. The van der Waals surface area contributed by atoms with E-state index in [1.807, 2.05) is 0 Å². The van der Waals surface area contributed by atoms with Gasteiger partial charge in [-0.3, -0.25) is 0 Å². The highest BCUT2D eigenvalue weighted by atomic mass is 19.2. The molecular weight excluding hydrogens is 357 g/mol. The molecule has 1 aromatic rings. The number of unbranched alkanes of at least 4 members (excludes halogenated alkanes) is 1. The highest BCUT2D eigenvalue weighted by molar-refractivity contribution is 5.30. The Morgan fingerprint density at radius 3 is 1.79 bits per heavy atom. The van der Waals surface area contributed by atoms with Crippen LogP contribution in [0.4, 0.5) is 13.2 Å². The Morgan fingerprint density at radius 1 is 0.750 bits per heavy atom. The molecule has 0 nitrogen and oxygen atoms in total. The first-order chi connectivity index (χ1) is 13.5. The highest BCUT2D eigenvalue weighted by Crippen LogP contribution is 2.42. The van der Waals surface area contributed by atoms with Crippen molar-refractivity contribution in [2.45, 2.75) is 103 Å². The molecule has 0 spiro atoms. The van der Waals surface area contributed by atoms with Crippen LogP contribution >= 0.6 is 0 Å². The minimum atomic E-state index is -0.958. The normalized spacial score (nSPS) is 28.5. The zero-order chi connectivity index (χ0) is 20.1. The first-order valence-corrected chi connectivity index (χ1v) is 11.6. The molecule has 3 heteroatoms. The Balaban J connectivity index is 1.43. The summed E-state index contributed by atoms with van der Waals surface area (Å²) >= 11 is 0. The van der Waals surface area contributed by atoms with Gasteiger partial charge in [0.05, 0.1) is 0 Å². The van der Waals surface area contributed by atoms with Crippen LogP contribution in [-0.2, 0) is 0 Å². The first kappa shape index (κ1) is 21.7. The Labute approximate surface area is 169 Å². The zero-order valence-corrected chi connectivity index (χ0v) is 17.7. The molecule has 2 aliphatic rings. The van der Waals surface area contributed by atoms with Gasteiger partial charge in [-0.05, 0) is 67.9 Å². The average Bonchev–Trinajstić information content (AvgIpc) is 2.71. The Bertz CT molecular complexity index is 623. The van der Waals surface area contributed by atoms with Gasteiger partial charge in [-0.15, -0.1) is 0 Å². The van der Waals surface area contributed by atoms with Crippen molar-refractivity contribution in [1.29, 1.82) is 0 Å². The van der Waals surface area contributed by atoms with E-state index in [9.17, 15) is 13.2 Å². The zero-order valence-electron chi connectivity index (χ0n) is 17.7. The second-order valence-electron chi connectivity index (χ2n) is 9.54. The van der Waals surface area contributed by atoms with Crippen LogP contribution in [0.1, 0.15) is 107 Å². The summed E-state index contributed by atoms with van der Waals surface area (Å²) in [7, 11) is 0. The maximum absolute atomic E-state index is 14.3. The summed E-state index contributed by atoms with van der Waals surface area (Å²) in [5.41, 5.74) is 0.0452. The van der Waals surface area contributed by atoms with Gasteiger partial charge in [-0.1, -0.05) is 64.7 Å². The lowest BCUT2D eigenvalue weighted by molar-refractivity contribution is 0.221. The van der Waals surface area contributed by atoms with E-state index >= 15 is 0 Å². The van der Waals surface area contributed by atoms with E-state index in [1.165, 1.54) is 64.7 Å². The van der Waals surface area contributed by atoms with E-state index < -0.39 is 17.5 Å². The van der Waals surface area contributed by atoms with Gasteiger partial charge in [0.15, 0.2) is 11.6 Å². The van der Waals surface area contributed by atoms with Crippen molar-refractivity contribution in [2.75, 3.05) is 0 Å². The van der Waals surface area contributed by atoms with Crippen LogP contribution < -0.4 is 0 Å². The lowest BCUT2D eigenvalue weighted by Gasteiger charge is -2.32. The fraction of sp³-hybridized carbons (Fsp3) is 0.760. The number of halogens is 3. The van der Waals surface area contributed by atoms with Crippen LogP contribution in [0, 0.1) is 42.1 Å². The second kappa shape index (κ2) is 10.2. The molecule has 0 unspecified atom stereocenters. The molecule has 3 rings (SSSR count). The van der Waals surface area contributed by atoms with Crippen molar-refractivity contribution < 1.29 is 13.2 Å². The van der Waals surface area contributed by atoms with Crippen LogP contribution in [0.3, 0.4) is 0 Å². The molecule has 0 atom stereocenters. The number of rotatable bonds is 7. The fourth-order valence-corrected chi connectivity index (χ4v) is 5.61. The molecule has 2 saturated carbocycles. The van der Waals surface area contributed by atoms with Crippen molar-refractivity contribution in [1.82, 2.24) is 0 Å². The van der Waals surface area contributed by atoms with Crippen LogP contribution in [-0.4, -0.2) is 0 Å². The summed E-state index contributed by atoms with van der Waals surface area (Å²) in [6, 6.07) is 1.15. The van der Waals surface area contributed by atoms with Crippen LogP contribution in [0.25, 0.3) is 0 Å². The molecule has 0 heterocycles. The van der Waals surface area contributed by atoms with E-state index in [4.69, 9.17) is 0 Å². The number of hydrogen-bond acceptors (Lipinski definition) is 0. The average molecular weight is 395 g/mol. The molecule has 0 aliphatic heterocycles. The van der Waals surface area contributed by atoms with Gasteiger partial charge in [0.25, 0.3) is 0 Å². The first-order valence-electron chi connectivity index (χ1n) is 11.6. The molecule has 158 valence electrons. The summed E-state index contributed by atoms with van der Waals surface area (Å²) in [6.45, 7) is 3.69. The lowest BCUT2D eigenvalue weighted by atomic mass is 9.73. The quantitative estimate of drug-likeness (QED) is 0.407. The minimum absolute atomic E-state index is 0.00745. The van der Waals surface area contributed by atoms with Gasteiger partial charge in [-0.2, -0.15) is 0 Å². The molecule has 2 aliphatic carbocycles. The van der Waals surface area contributed by atoms with Gasteiger partial charge in [0.1, 0.15) is 5.82 Å². The Kier molecular flexibility index (Phi) is 7.88. The topological polar surface area (TPSA) is 0 Å². The van der Waals surface area contributed by atoms with Crippen LogP contribution in [0.15, 0.2) is 6.07 Å². The molecule has 2 fully saturated rings. The lowest BCUT2D eigenvalue weighted by Crippen LogP contribution is -2.19. The van der Waals surface area contributed by atoms with Crippen LogP contribution in [0.5, 0.6) is 0 Å². The molecule has 0 aromatic heterocycles. The van der Waals surface area contributed by atoms with Crippen LogP contribution in [0.2, 0.25) is 0 Å². The maximum Gasteiger partial charge on any atom is 0.165 e. The third kappa shape index (κ3) is 5.33. The summed E-state index contributed by atoms with van der Waals surface area (Å²) in [5, 5.41) is 0. The van der Waals surface area contributed by atoms with E-state index in [0.29, 0.717) is 5.92 Å². The summed E-state index contributed by atoms with van der Waals surface area (Å²) < 4.78 is 42.4. The Hall–Kier alpha value is -0.990. The van der Waals surface area contributed by atoms with Gasteiger partial charge in [0, 0.05) is 5.56 Å². The summed E-state index contributed by atoms with van der Waals surface area (Å²) in [6.07, 6.45) is 15.9. The second-order valence-corrected chi connectivity index (χ2v) is 9.54. The van der Waals surface area contributed by atoms with Crippen molar-refractivity contribution >= 4 is 0 Å². The third-order valence-electron chi connectivity index (χ3n) is 7.55. The molecule has 28 heavy (non-hydrogen) atoms. The molecule has 0 saturated heterocycles. The van der Waals surface area contributed by atoms with E-state index in [-0.39, 0.29) is 17.0 Å². The van der Waals surface area contributed by atoms with E-state index in [1.54, 1.807) is 0 Å². The van der Waals surface area contributed by atoms with Gasteiger partial charge in [-0.25, -0.2) is 13.2 Å². The largest absolute Gasteiger partial charge is 0.207 e. The summed E-state index contributed by atoms with van der Waals surface area (Å²) in [4.78, 5) is 0. The van der Waals surface area contributed by atoms with E-state index in [0.717, 1.165) is 43.6 Å². The SMILES string of the molecule is CCCCC1CCC(CCC2CCC(c3c(F)cc(C)c(F)c3F)CC2)CC1. The fourth-order valence-electron chi connectivity index (χ4n) is 5.61. The minimum Gasteiger partial charge on any atom is -0.207 e. The predicted molar refractivity (Wildman–Crippen MR) is 110 cm³/mol. The number of benzene rings is 1. The van der Waals surface area contributed by atoms with Crippen molar-refractivity contribution in [3.63, 3.8) is 0 Å². The molecule has 0 amide bonds. The molecule has 0 radical (unpaired) electrons. The predicted octanol–water partition coefficient (Wildman–Crippen LogP) is 8.46. The molecule has 0 bridgehead atoms. The maximum atomic E-state index is 14.3. The highest BCUT2D eigenvalue weighted by Gasteiger charge is 2.29. The van der Waals surface area contributed by atoms with Gasteiger partial charge in [0.2, 0.25) is 0 Å². The molecule has 0 N–H and O–H groups in total.